The van der Waals surface area contributed by atoms with E-state index in [1.165, 1.54) is 16.7 Å². The van der Waals surface area contributed by atoms with Gasteiger partial charge in [-0.1, -0.05) is 30.1 Å². The number of hydrogen-bond acceptors (Lipinski definition) is 6. The molecule has 146 valence electrons. The molecule has 2 aliphatic rings. The van der Waals surface area contributed by atoms with E-state index in [1.54, 1.807) is 23.6 Å². The molecule has 28 heavy (non-hydrogen) atoms. The summed E-state index contributed by atoms with van der Waals surface area (Å²) < 4.78 is 2.13. The number of amides is 1. The van der Waals surface area contributed by atoms with Gasteiger partial charge >= 0.3 is 0 Å². The third-order valence-electron chi connectivity index (χ3n) is 5.03. The van der Waals surface area contributed by atoms with Gasteiger partial charge in [-0.2, -0.15) is 5.26 Å². The summed E-state index contributed by atoms with van der Waals surface area (Å²) in [7, 11) is 0. The molecular weight excluding hydrogens is 392 g/mol. The van der Waals surface area contributed by atoms with Gasteiger partial charge in [-0.15, -0.1) is 6.58 Å². The van der Waals surface area contributed by atoms with Gasteiger partial charge in [0, 0.05) is 31.7 Å². The van der Waals surface area contributed by atoms with Crippen LogP contribution in [0.1, 0.15) is 36.5 Å². The molecule has 0 aliphatic carbocycles. The first-order valence-electron chi connectivity index (χ1n) is 9.23. The molecule has 3 rings (SSSR count). The largest absolute Gasteiger partial charge is 0.357 e. The Labute approximate surface area is 174 Å². The third kappa shape index (κ3) is 3.40. The minimum absolute atomic E-state index is 0.123. The number of carbonyl (C=O) groups is 1. The summed E-state index contributed by atoms with van der Waals surface area (Å²) in [6.45, 7) is 9.86. The fourth-order valence-electron chi connectivity index (χ4n) is 3.62. The molecular formula is C20H22N4O2S2. The van der Waals surface area contributed by atoms with Crippen molar-refractivity contribution in [3.63, 3.8) is 0 Å². The first-order chi connectivity index (χ1) is 13.4. The minimum atomic E-state index is -0.277. The maximum absolute atomic E-state index is 12.9. The zero-order chi connectivity index (χ0) is 20.4. The summed E-state index contributed by atoms with van der Waals surface area (Å²) in [6.07, 6.45) is 5.53. The summed E-state index contributed by atoms with van der Waals surface area (Å²) in [5.41, 5.74) is 1.20. The van der Waals surface area contributed by atoms with Crippen LogP contribution in [0, 0.1) is 18.3 Å². The van der Waals surface area contributed by atoms with E-state index in [0.29, 0.717) is 27.9 Å². The Morgan fingerprint density at radius 2 is 2.00 bits per heavy atom. The van der Waals surface area contributed by atoms with Crippen LogP contribution < -0.4 is 10.5 Å². The van der Waals surface area contributed by atoms with Crippen LogP contribution in [0.3, 0.4) is 0 Å². The van der Waals surface area contributed by atoms with Crippen LogP contribution in [0.25, 0.3) is 6.08 Å². The van der Waals surface area contributed by atoms with Crippen LogP contribution in [0.4, 0.5) is 5.82 Å². The topological polar surface area (TPSA) is 69.3 Å². The molecule has 2 aliphatic heterocycles. The summed E-state index contributed by atoms with van der Waals surface area (Å²) in [4.78, 5) is 29.8. The molecule has 0 bridgehead atoms. The predicted molar refractivity (Wildman–Crippen MR) is 117 cm³/mol. The highest BCUT2D eigenvalue weighted by atomic mass is 32.2. The van der Waals surface area contributed by atoms with Gasteiger partial charge in [-0.25, -0.2) is 0 Å². The van der Waals surface area contributed by atoms with Gasteiger partial charge < -0.3 is 4.90 Å². The van der Waals surface area contributed by atoms with Gasteiger partial charge in [0.05, 0.1) is 4.91 Å². The highest BCUT2D eigenvalue weighted by Gasteiger charge is 2.32. The smallest absolute Gasteiger partial charge is 0.270 e. The van der Waals surface area contributed by atoms with Crippen molar-refractivity contribution in [3.05, 3.63) is 44.6 Å². The lowest BCUT2D eigenvalue weighted by Crippen LogP contribution is -2.32. The number of rotatable bonds is 5. The number of thioether (sulfide) groups is 1. The molecule has 0 aromatic carbocycles. The van der Waals surface area contributed by atoms with Crippen LogP contribution >= 0.6 is 24.0 Å². The minimum Gasteiger partial charge on any atom is -0.357 e. The van der Waals surface area contributed by atoms with E-state index in [-0.39, 0.29) is 17.0 Å². The van der Waals surface area contributed by atoms with Crippen molar-refractivity contribution in [1.82, 2.24) is 9.47 Å². The van der Waals surface area contributed by atoms with Gasteiger partial charge in [0.1, 0.15) is 21.8 Å². The molecule has 0 radical (unpaired) electrons. The molecule has 3 heterocycles. The maximum Gasteiger partial charge on any atom is 0.270 e. The van der Waals surface area contributed by atoms with Gasteiger partial charge in [-0.05, 0) is 38.3 Å². The number of anilines is 1. The van der Waals surface area contributed by atoms with Crippen molar-refractivity contribution < 1.29 is 4.79 Å². The molecule has 2 saturated heterocycles. The summed E-state index contributed by atoms with van der Waals surface area (Å²) in [5, 5.41) is 9.56. The Balaban J connectivity index is 2.24. The molecule has 1 aromatic rings. The van der Waals surface area contributed by atoms with Gasteiger partial charge in [0.25, 0.3) is 11.5 Å². The van der Waals surface area contributed by atoms with E-state index in [9.17, 15) is 14.9 Å². The lowest BCUT2D eigenvalue weighted by atomic mass is 10.0. The van der Waals surface area contributed by atoms with Crippen LogP contribution in [0.15, 0.2) is 22.4 Å². The molecule has 8 heteroatoms. The molecule has 0 saturated carbocycles. The van der Waals surface area contributed by atoms with Crippen molar-refractivity contribution in [3.8, 4) is 6.07 Å². The molecule has 0 atom stereocenters. The maximum atomic E-state index is 12.9. The van der Waals surface area contributed by atoms with E-state index in [2.05, 4.69) is 11.5 Å². The Hall–Kier alpha value is -2.37. The second kappa shape index (κ2) is 8.33. The standard InChI is InChI=1S/C20H22N4O2S2/c1-4-8-24-19(26)16(28-20(24)27)11-14-13(3)15(12-21)18(25)23(5-2)17(14)22-9-6-7-10-22/h4,11H,1,5-10H2,2-3H3/b16-11-. The Kier molecular flexibility index (Phi) is 6.06. The normalized spacial score (nSPS) is 18.2. The van der Waals surface area contributed by atoms with Crippen molar-refractivity contribution in [2.75, 3.05) is 24.5 Å². The number of pyridine rings is 1. The van der Waals surface area contributed by atoms with Crippen LogP contribution in [-0.2, 0) is 11.3 Å². The Morgan fingerprint density at radius 3 is 2.57 bits per heavy atom. The lowest BCUT2D eigenvalue weighted by Gasteiger charge is -2.26. The third-order valence-corrected chi connectivity index (χ3v) is 6.41. The number of nitriles is 1. The average molecular weight is 415 g/mol. The summed E-state index contributed by atoms with van der Waals surface area (Å²) in [5.74, 6) is 0.616. The molecule has 1 aromatic heterocycles. The summed E-state index contributed by atoms with van der Waals surface area (Å²) >= 11 is 6.57. The number of aromatic nitrogens is 1. The number of carbonyl (C=O) groups excluding carboxylic acids is 1. The highest BCUT2D eigenvalue weighted by Crippen LogP contribution is 2.36. The fraction of sp³-hybridized carbons (Fsp3) is 0.400. The molecule has 6 nitrogen and oxygen atoms in total. The van der Waals surface area contributed by atoms with Crippen LogP contribution in [0.2, 0.25) is 0 Å². The van der Waals surface area contributed by atoms with Gasteiger partial charge in [0.15, 0.2) is 0 Å². The zero-order valence-corrected chi connectivity index (χ0v) is 17.7. The first-order valence-corrected chi connectivity index (χ1v) is 10.5. The molecule has 0 unspecified atom stereocenters. The fourth-order valence-corrected chi connectivity index (χ4v) is 4.88. The molecule has 0 spiro atoms. The van der Waals surface area contributed by atoms with E-state index >= 15 is 0 Å². The molecule has 2 fully saturated rings. The second-order valence-electron chi connectivity index (χ2n) is 6.67. The van der Waals surface area contributed by atoms with Crippen molar-refractivity contribution in [2.24, 2.45) is 0 Å². The van der Waals surface area contributed by atoms with Gasteiger partial charge in [-0.3, -0.25) is 19.1 Å². The van der Waals surface area contributed by atoms with E-state index < -0.39 is 0 Å². The SMILES string of the molecule is C=CCN1C(=O)/C(=C/c2c(C)c(C#N)c(=O)n(CC)c2N2CCCC2)SC1=S. The molecule has 0 N–H and O–H groups in total. The second-order valence-corrected chi connectivity index (χ2v) is 8.35. The quantitative estimate of drug-likeness (QED) is 0.419. The number of nitrogens with zero attached hydrogens (tertiary/aromatic N) is 4. The number of thiocarbonyl (C=S) groups is 1. The molecule has 1 amide bonds. The van der Waals surface area contributed by atoms with Crippen molar-refractivity contribution >= 4 is 46.1 Å². The first kappa shape index (κ1) is 20.4. The van der Waals surface area contributed by atoms with E-state index in [4.69, 9.17) is 12.2 Å². The van der Waals surface area contributed by atoms with Crippen molar-refractivity contribution in [1.29, 1.82) is 5.26 Å². The summed E-state index contributed by atoms with van der Waals surface area (Å²) in [6, 6.07) is 2.05. The van der Waals surface area contributed by atoms with E-state index in [0.717, 1.165) is 37.3 Å². The lowest BCUT2D eigenvalue weighted by molar-refractivity contribution is -0.121. The monoisotopic (exact) mass is 414 g/mol. The number of hydrogen-bond donors (Lipinski definition) is 0. The van der Waals surface area contributed by atoms with Crippen molar-refractivity contribution in [2.45, 2.75) is 33.2 Å². The Bertz CT molecular complexity index is 981. The van der Waals surface area contributed by atoms with Crippen LogP contribution in [0.5, 0.6) is 0 Å². The van der Waals surface area contributed by atoms with Gasteiger partial charge in [0.2, 0.25) is 0 Å². The average Bonchev–Trinajstić information content (AvgIpc) is 3.29. The Morgan fingerprint density at radius 1 is 1.32 bits per heavy atom. The zero-order valence-electron chi connectivity index (χ0n) is 16.0. The predicted octanol–water partition coefficient (Wildman–Crippen LogP) is 3.04. The van der Waals surface area contributed by atoms with E-state index in [1.807, 2.05) is 13.0 Å². The highest BCUT2D eigenvalue weighted by molar-refractivity contribution is 8.26. The van der Waals surface area contributed by atoms with Crippen LogP contribution in [-0.4, -0.2) is 39.3 Å².